The Hall–Kier alpha value is -3.15. The highest BCUT2D eigenvalue weighted by molar-refractivity contribution is 5.99. The van der Waals surface area contributed by atoms with Crippen LogP contribution >= 0.6 is 0 Å². The fourth-order valence-corrected chi connectivity index (χ4v) is 3.13. The molecule has 0 aliphatic carbocycles. The Labute approximate surface area is 144 Å². The van der Waals surface area contributed by atoms with Gasteiger partial charge in [0.05, 0.1) is 18.7 Å². The van der Waals surface area contributed by atoms with Crippen molar-refractivity contribution in [1.82, 2.24) is 14.7 Å². The Bertz CT molecular complexity index is 1010. The Morgan fingerprint density at radius 3 is 3.00 bits per heavy atom. The summed E-state index contributed by atoms with van der Waals surface area (Å²) >= 11 is 0. The lowest BCUT2D eigenvalue weighted by atomic mass is 10.0. The number of fused-ring (bicyclic) bond motifs is 2. The number of aryl methyl sites for hydroxylation is 1. The molecule has 0 saturated carbocycles. The summed E-state index contributed by atoms with van der Waals surface area (Å²) in [6, 6.07) is 9.46. The topological polar surface area (TPSA) is 75.5 Å². The summed E-state index contributed by atoms with van der Waals surface area (Å²) in [5.74, 6) is -0.176. The van der Waals surface area contributed by atoms with Crippen LogP contribution in [0.5, 0.6) is 0 Å². The molecule has 6 nitrogen and oxygen atoms in total. The van der Waals surface area contributed by atoms with Crippen molar-refractivity contribution in [3.05, 3.63) is 65.1 Å². The van der Waals surface area contributed by atoms with E-state index in [1.54, 1.807) is 10.6 Å². The molecule has 6 heteroatoms. The molecule has 4 rings (SSSR count). The highest BCUT2D eigenvalue weighted by atomic mass is 16.2. The largest absolute Gasteiger partial charge is 0.344 e. The zero-order valence-electron chi connectivity index (χ0n) is 14.0. The quantitative estimate of drug-likeness (QED) is 0.773. The molecule has 1 atom stereocenters. The molecule has 0 fully saturated rings. The van der Waals surface area contributed by atoms with E-state index >= 15 is 0 Å². The summed E-state index contributed by atoms with van der Waals surface area (Å²) in [5.41, 5.74) is 5.09. The number of imidazole rings is 1. The van der Waals surface area contributed by atoms with E-state index in [1.165, 1.54) is 0 Å². The van der Waals surface area contributed by atoms with Crippen molar-refractivity contribution in [3.63, 3.8) is 0 Å². The molecule has 0 bridgehead atoms. The minimum atomic E-state index is -0.180. The highest BCUT2D eigenvalue weighted by Crippen LogP contribution is 2.26. The Balaban J connectivity index is 1.57. The second-order valence-electron chi connectivity index (χ2n) is 6.41. The third kappa shape index (κ3) is 2.76. The first-order chi connectivity index (χ1) is 12.0. The van der Waals surface area contributed by atoms with Crippen LogP contribution in [0.3, 0.4) is 0 Å². The number of nitrogens with zero attached hydrogens (tertiary/aromatic N) is 2. The van der Waals surface area contributed by atoms with Gasteiger partial charge in [0.25, 0.3) is 5.91 Å². The van der Waals surface area contributed by atoms with Crippen LogP contribution in [0.4, 0.5) is 5.69 Å². The number of pyridine rings is 1. The van der Waals surface area contributed by atoms with Crippen LogP contribution < -0.4 is 10.6 Å². The maximum Gasteiger partial charge on any atom is 0.270 e. The van der Waals surface area contributed by atoms with Gasteiger partial charge in [0.2, 0.25) is 5.91 Å². The second-order valence-corrected chi connectivity index (χ2v) is 6.41. The van der Waals surface area contributed by atoms with Crippen LogP contribution in [0.2, 0.25) is 0 Å². The van der Waals surface area contributed by atoms with E-state index in [0.717, 1.165) is 28.0 Å². The zero-order valence-corrected chi connectivity index (χ0v) is 14.0. The molecule has 0 spiro atoms. The van der Waals surface area contributed by atoms with Crippen molar-refractivity contribution in [1.29, 1.82) is 0 Å². The van der Waals surface area contributed by atoms with Crippen molar-refractivity contribution in [2.45, 2.75) is 26.3 Å². The first kappa shape index (κ1) is 15.4. The Morgan fingerprint density at radius 1 is 1.32 bits per heavy atom. The summed E-state index contributed by atoms with van der Waals surface area (Å²) in [7, 11) is 0. The first-order valence-electron chi connectivity index (χ1n) is 8.18. The van der Waals surface area contributed by atoms with E-state index in [9.17, 15) is 9.59 Å². The predicted molar refractivity (Wildman–Crippen MR) is 94.6 cm³/mol. The van der Waals surface area contributed by atoms with Gasteiger partial charge >= 0.3 is 0 Å². The summed E-state index contributed by atoms with van der Waals surface area (Å²) < 4.78 is 1.79. The van der Waals surface area contributed by atoms with Gasteiger partial charge in [-0.3, -0.25) is 14.0 Å². The molecule has 2 N–H and O–H groups in total. The molecule has 3 aromatic rings. The number of carbonyl (C=O) groups is 2. The van der Waals surface area contributed by atoms with Crippen LogP contribution in [0.15, 0.2) is 42.7 Å². The summed E-state index contributed by atoms with van der Waals surface area (Å²) in [6.07, 6.45) is 3.87. The molecule has 1 aliphatic rings. The van der Waals surface area contributed by atoms with Crippen LogP contribution in [-0.4, -0.2) is 21.2 Å². The van der Waals surface area contributed by atoms with Crippen LogP contribution in [0, 0.1) is 6.92 Å². The lowest BCUT2D eigenvalue weighted by Crippen LogP contribution is -2.27. The number of aromatic nitrogens is 2. The minimum Gasteiger partial charge on any atom is -0.344 e. The molecule has 0 saturated heterocycles. The molecule has 2 amide bonds. The Morgan fingerprint density at radius 2 is 2.16 bits per heavy atom. The number of anilines is 1. The van der Waals surface area contributed by atoms with Gasteiger partial charge in [-0.15, -0.1) is 0 Å². The number of carbonyl (C=O) groups excluding carboxylic acids is 2. The van der Waals surface area contributed by atoms with Gasteiger partial charge in [-0.2, -0.15) is 0 Å². The van der Waals surface area contributed by atoms with E-state index in [1.807, 2.05) is 50.4 Å². The van der Waals surface area contributed by atoms with Gasteiger partial charge in [-0.25, -0.2) is 4.98 Å². The smallest absolute Gasteiger partial charge is 0.270 e. The maximum atomic E-state index is 12.7. The summed E-state index contributed by atoms with van der Waals surface area (Å²) in [5, 5.41) is 5.82. The van der Waals surface area contributed by atoms with Crippen LogP contribution in [-0.2, 0) is 11.2 Å². The second kappa shape index (κ2) is 5.73. The van der Waals surface area contributed by atoms with E-state index < -0.39 is 0 Å². The number of rotatable bonds is 3. The monoisotopic (exact) mass is 334 g/mol. The molecule has 1 aromatic carbocycles. The minimum absolute atomic E-state index is 0.00457. The lowest BCUT2D eigenvalue weighted by molar-refractivity contribution is -0.115. The van der Waals surface area contributed by atoms with E-state index in [2.05, 4.69) is 15.6 Å². The Kier molecular flexibility index (Phi) is 3.53. The predicted octanol–water partition coefficient (Wildman–Crippen LogP) is 2.63. The third-order valence-electron chi connectivity index (χ3n) is 4.49. The molecule has 3 heterocycles. The number of hydrogen-bond acceptors (Lipinski definition) is 3. The number of benzene rings is 1. The fourth-order valence-electron chi connectivity index (χ4n) is 3.13. The van der Waals surface area contributed by atoms with E-state index in [0.29, 0.717) is 12.1 Å². The van der Waals surface area contributed by atoms with Crippen LogP contribution in [0.1, 0.15) is 40.1 Å². The fraction of sp³-hybridized carbons (Fsp3) is 0.211. The standard InChI is InChI=1S/C19H18N4O2/c1-11-3-6-17-20-9-16(23(17)10-11)19(25)21-12(2)13-4-5-15-14(7-13)8-18(24)22-15/h3-7,9-10,12H,8H2,1-2H3,(H,21,25)(H,22,24). The average Bonchev–Trinajstić information content (AvgIpc) is 3.15. The maximum absolute atomic E-state index is 12.7. The molecule has 0 radical (unpaired) electrons. The normalized spacial score (nSPS) is 14.2. The SMILES string of the molecule is Cc1ccc2ncc(C(=O)NC(C)c3ccc4c(c3)CC(=O)N4)n2c1. The molecular formula is C19H18N4O2. The summed E-state index contributed by atoms with van der Waals surface area (Å²) in [4.78, 5) is 28.4. The molecule has 126 valence electrons. The van der Waals surface area contributed by atoms with Crippen LogP contribution in [0.25, 0.3) is 5.65 Å². The van der Waals surface area contributed by atoms with Crippen molar-refractivity contribution in [2.24, 2.45) is 0 Å². The van der Waals surface area contributed by atoms with Crippen molar-refractivity contribution in [3.8, 4) is 0 Å². The van der Waals surface area contributed by atoms with Crippen molar-refractivity contribution in [2.75, 3.05) is 5.32 Å². The van der Waals surface area contributed by atoms with Gasteiger partial charge in [0.15, 0.2) is 0 Å². The third-order valence-corrected chi connectivity index (χ3v) is 4.49. The van der Waals surface area contributed by atoms with Gasteiger partial charge in [-0.1, -0.05) is 18.2 Å². The number of amides is 2. The number of nitrogens with one attached hydrogen (secondary N) is 2. The lowest BCUT2D eigenvalue weighted by Gasteiger charge is -2.15. The van der Waals surface area contributed by atoms with Gasteiger partial charge in [0, 0.05) is 11.9 Å². The van der Waals surface area contributed by atoms with Gasteiger partial charge in [0.1, 0.15) is 11.3 Å². The van der Waals surface area contributed by atoms with Gasteiger partial charge in [-0.05, 0) is 42.7 Å². The highest BCUT2D eigenvalue weighted by Gasteiger charge is 2.20. The van der Waals surface area contributed by atoms with E-state index in [4.69, 9.17) is 0 Å². The molecule has 1 unspecified atom stereocenters. The molecular weight excluding hydrogens is 316 g/mol. The zero-order chi connectivity index (χ0) is 17.6. The van der Waals surface area contributed by atoms with Gasteiger partial charge < -0.3 is 10.6 Å². The number of hydrogen-bond donors (Lipinski definition) is 2. The van der Waals surface area contributed by atoms with Crippen molar-refractivity contribution >= 4 is 23.1 Å². The van der Waals surface area contributed by atoms with E-state index in [-0.39, 0.29) is 17.9 Å². The summed E-state index contributed by atoms with van der Waals surface area (Å²) in [6.45, 7) is 3.90. The molecule has 1 aliphatic heterocycles. The first-order valence-corrected chi connectivity index (χ1v) is 8.18. The average molecular weight is 334 g/mol. The molecule has 25 heavy (non-hydrogen) atoms. The van der Waals surface area contributed by atoms with Crippen molar-refractivity contribution < 1.29 is 9.59 Å². The molecule has 2 aromatic heterocycles.